The third-order valence-electron chi connectivity index (χ3n) is 6.36. The number of carbonyl (C=O) groups excluding carboxylic acids is 2. The summed E-state index contributed by atoms with van der Waals surface area (Å²) in [5, 5.41) is 6.15. The summed E-state index contributed by atoms with van der Waals surface area (Å²) >= 11 is 0. The Balaban J connectivity index is 1.30. The first-order valence-corrected chi connectivity index (χ1v) is 11.2. The van der Waals surface area contributed by atoms with E-state index in [9.17, 15) is 9.59 Å². The monoisotopic (exact) mass is 421 g/mol. The molecule has 0 atom stereocenters. The van der Waals surface area contributed by atoms with Crippen molar-refractivity contribution < 1.29 is 14.3 Å². The maximum absolute atomic E-state index is 12.9. The molecule has 31 heavy (non-hydrogen) atoms. The van der Waals surface area contributed by atoms with Gasteiger partial charge in [0.15, 0.2) is 0 Å². The van der Waals surface area contributed by atoms with Crippen LogP contribution >= 0.6 is 0 Å². The molecule has 1 aliphatic heterocycles. The highest BCUT2D eigenvalue weighted by Crippen LogP contribution is 2.29. The van der Waals surface area contributed by atoms with Crippen LogP contribution in [0.3, 0.4) is 0 Å². The van der Waals surface area contributed by atoms with Crippen molar-refractivity contribution in [1.82, 2.24) is 15.5 Å². The van der Waals surface area contributed by atoms with Crippen LogP contribution in [0.15, 0.2) is 48.5 Å². The van der Waals surface area contributed by atoms with Gasteiger partial charge in [0.05, 0.1) is 7.11 Å². The molecule has 2 N–H and O–H groups in total. The molecular formula is C25H31N3O3. The van der Waals surface area contributed by atoms with Gasteiger partial charge in [0, 0.05) is 36.3 Å². The first-order valence-electron chi connectivity index (χ1n) is 11.2. The molecule has 1 saturated heterocycles. The number of carbonyl (C=O) groups is 2. The minimum absolute atomic E-state index is 0.0421. The van der Waals surface area contributed by atoms with E-state index >= 15 is 0 Å². The van der Waals surface area contributed by atoms with Crippen LogP contribution in [0.5, 0.6) is 5.75 Å². The van der Waals surface area contributed by atoms with Crippen molar-refractivity contribution in [2.75, 3.05) is 20.2 Å². The van der Waals surface area contributed by atoms with Crippen LogP contribution in [0.2, 0.25) is 0 Å². The van der Waals surface area contributed by atoms with Crippen LogP contribution in [0.4, 0.5) is 4.79 Å². The number of benzene rings is 2. The highest BCUT2D eigenvalue weighted by Gasteiger charge is 2.25. The van der Waals surface area contributed by atoms with Crippen molar-refractivity contribution in [2.24, 2.45) is 0 Å². The lowest BCUT2D eigenvalue weighted by Gasteiger charge is -2.32. The fourth-order valence-electron chi connectivity index (χ4n) is 4.57. The van der Waals surface area contributed by atoms with E-state index in [1.165, 1.54) is 12.8 Å². The number of para-hydroxylation sites is 1. The smallest absolute Gasteiger partial charge is 0.315 e. The maximum atomic E-state index is 12.9. The number of methoxy groups -OCH3 is 1. The second-order valence-electron chi connectivity index (χ2n) is 8.44. The molecule has 2 aromatic rings. The Morgan fingerprint density at radius 2 is 1.48 bits per heavy atom. The number of likely N-dealkylation sites (tertiary alicyclic amines) is 1. The van der Waals surface area contributed by atoms with Crippen molar-refractivity contribution >= 4 is 11.9 Å². The summed E-state index contributed by atoms with van der Waals surface area (Å²) in [7, 11) is 1.66. The largest absolute Gasteiger partial charge is 0.496 e. The Morgan fingerprint density at radius 3 is 2.13 bits per heavy atom. The quantitative estimate of drug-likeness (QED) is 0.760. The van der Waals surface area contributed by atoms with E-state index in [0.717, 1.165) is 42.6 Å². The molecular weight excluding hydrogens is 390 g/mol. The number of rotatable bonds is 5. The second-order valence-corrected chi connectivity index (χ2v) is 8.44. The average Bonchev–Trinajstić information content (AvgIpc) is 3.32. The molecule has 0 spiro atoms. The summed E-state index contributed by atoms with van der Waals surface area (Å²) in [5.74, 6) is 0.855. The Hall–Kier alpha value is -3.02. The van der Waals surface area contributed by atoms with Crippen molar-refractivity contribution in [1.29, 1.82) is 0 Å². The van der Waals surface area contributed by atoms with Crippen LogP contribution in [-0.2, 0) is 0 Å². The lowest BCUT2D eigenvalue weighted by molar-refractivity contribution is 0.0708. The number of ether oxygens (including phenoxy) is 1. The van der Waals surface area contributed by atoms with E-state index in [1.54, 1.807) is 7.11 Å². The molecule has 0 bridgehead atoms. The molecule has 2 aromatic carbocycles. The first-order chi connectivity index (χ1) is 15.1. The molecule has 4 rings (SSSR count). The fourth-order valence-corrected chi connectivity index (χ4v) is 4.57. The summed E-state index contributed by atoms with van der Waals surface area (Å²) in [6.45, 7) is 1.31. The van der Waals surface area contributed by atoms with E-state index in [2.05, 4.69) is 10.6 Å². The van der Waals surface area contributed by atoms with Gasteiger partial charge in [-0.3, -0.25) is 4.79 Å². The molecule has 3 amide bonds. The third kappa shape index (κ3) is 5.19. The minimum Gasteiger partial charge on any atom is -0.496 e. The Labute approximate surface area is 184 Å². The Bertz CT molecular complexity index is 898. The molecule has 6 heteroatoms. The number of hydrogen-bond donors (Lipinski definition) is 2. The number of nitrogens with one attached hydrogen (secondary N) is 2. The standard InChI is InChI=1S/C25H31N3O3/c1-31-23-9-5-4-8-22(23)18-10-12-19(13-11-18)24(29)28-16-14-21(15-17-28)27-25(30)26-20-6-2-3-7-20/h4-5,8-13,20-21H,2-3,6-7,14-17H2,1H3,(H2,26,27,30). The van der Waals surface area contributed by atoms with E-state index in [4.69, 9.17) is 4.74 Å². The van der Waals surface area contributed by atoms with Crippen molar-refractivity contribution in [3.05, 3.63) is 54.1 Å². The average molecular weight is 422 g/mol. The number of piperidine rings is 1. The second kappa shape index (κ2) is 9.86. The lowest BCUT2D eigenvalue weighted by atomic mass is 10.0. The van der Waals surface area contributed by atoms with E-state index in [1.807, 2.05) is 53.4 Å². The molecule has 164 valence electrons. The van der Waals surface area contributed by atoms with Gasteiger partial charge in [0.2, 0.25) is 0 Å². The molecule has 1 heterocycles. The normalized spacial score (nSPS) is 17.4. The number of amides is 3. The van der Waals surface area contributed by atoms with Gasteiger partial charge < -0.3 is 20.3 Å². The van der Waals surface area contributed by atoms with Crippen molar-refractivity contribution in [2.45, 2.75) is 50.6 Å². The predicted octanol–water partition coefficient (Wildman–Crippen LogP) is 4.21. The van der Waals surface area contributed by atoms with Crippen molar-refractivity contribution in [3.8, 4) is 16.9 Å². The van der Waals surface area contributed by atoms with E-state index in [-0.39, 0.29) is 18.0 Å². The predicted molar refractivity (Wildman–Crippen MR) is 121 cm³/mol. The van der Waals surface area contributed by atoms with Crippen LogP contribution in [-0.4, -0.2) is 49.1 Å². The molecule has 6 nitrogen and oxygen atoms in total. The summed E-state index contributed by atoms with van der Waals surface area (Å²) in [6.07, 6.45) is 6.12. The SMILES string of the molecule is COc1ccccc1-c1ccc(C(=O)N2CCC(NC(=O)NC3CCCC3)CC2)cc1. The molecule has 2 aliphatic rings. The zero-order chi connectivity index (χ0) is 21.6. The van der Waals surface area contributed by atoms with Gasteiger partial charge >= 0.3 is 6.03 Å². The van der Waals surface area contributed by atoms with Gasteiger partial charge in [-0.1, -0.05) is 43.2 Å². The van der Waals surface area contributed by atoms with Crippen LogP contribution in [0.25, 0.3) is 11.1 Å². The van der Waals surface area contributed by atoms with Gasteiger partial charge in [-0.25, -0.2) is 4.79 Å². The third-order valence-corrected chi connectivity index (χ3v) is 6.36. The first kappa shape index (κ1) is 21.2. The van der Waals surface area contributed by atoms with Crippen molar-refractivity contribution in [3.63, 3.8) is 0 Å². The summed E-state index contributed by atoms with van der Waals surface area (Å²) in [6, 6.07) is 15.9. The summed E-state index contributed by atoms with van der Waals surface area (Å²) in [5.41, 5.74) is 2.71. The van der Waals surface area contributed by atoms with E-state index < -0.39 is 0 Å². The molecule has 0 aromatic heterocycles. The van der Waals surface area contributed by atoms with Gasteiger partial charge in [-0.2, -0.15) is 0 Å². The van der Waals surface area contributed by atoms with Crippen LogP contribution in [0, 0.1) is 0 Å². The maximum Gasteiger partial charge on any atom is 0.315 e. The molecule has 2 fully saturated rings. The number of nitrogens with zero attached hydrogens (tertiary/aromatic N) is 1. The fraction of sp³-hybridized carbons (Fsp3) is 0.440. The molecule has 0 unspecified atom stereocenters. The summed E-state index contributed by atoms with van der Waals surface area (Å²) < 4.78 is 5.44. The molecule has 1 aliphatic carbocycles. The topological polar surface area (TPSA) is 70.7 Å². The Kier molecular flexibility index (Phi) is 6.75. The minimum atomic E-state index is -0.0661. The summed E-state index contributed by atoms with van der Waals surface area (Å²) in [4.78, 5) is 27.0. The lowest BCUT2D eigenvalue weighted by Crippen LogP contribution is -2.50. The van der Waals surface area contributed by atoms with Crippen LogP contribution < -0.4 is 15.4 Å². The molecule has 0 radical (unpaired) electrons. The van der Waals surface area contributed by atoms with Gasteiger partial charge in [0.25, 0.3) is 5.91 Å². The zero-order valence-corrected chi connectivity index (χ0v) is 18.1. The number of hydrogen-bond acceptors (Lipinski definition) is 3. The van der Waals surface area contributed by atoms with Crippen LogP contribution in [0.1, 0.15) is 48.9 Å². The van der Waals surface area contributed by atoms with Gasteiger partial charge in [0.1, 0.15) is 5.75 Å². The number of urea groups is 1. The van der Waals surface area contributed by atoms with Gasteiger partial charge in [-0.15, -0.1) is 0 Å². The zero-order valence-electron chi connectivity index (χ0n) is 18.1. The van der Waals surface area contributed by atoms with Gasteiger partial charge in [-0.05, 0) is 49.4 Å². The Morgan fingerprint density at radius 1 is 0.871 bits per heavy atom. The molecule has 1 saturated carbocycles. The van der Waals surface area contributed by atoms with E-state index in [0.29, 0.717) is 24.7 Å². The highest BCUT2D eigenvalue weighted by atomic mass is 16.5. The highest BCUT2D eigenvalue weighted by molar-refractivity contribution is 5.95.